The molecule has 1 aliphatic rings. The second-order valence-corrected chi connectivity index (χ2v) is 4.66. The maximum Gasteiger partial charge on any atom is 0.248 e. The Morgan fingerprint density at radius 1 is 1.53 bits per heavy atom. The van der Waals surface area contributed by atoms with E-state index < -0.39 is 5.92 Å². The molecule has 0 N–H and O–H groups in total. The van der Waals surface area contributed by atoms with Crippen molar-refractivity contribution >= 4 is 5.78 Å². The molecule has 0 spiro atoms. The Morgan fingerprint density at radius 3 is 2.71 bits per heavy atom. The van der Waals surface area contributed by atoms with Gasteiger partial charge in [0.15, 0.2) is 0 Å². The molecule has 0 aliphatic heterocycles. The van der Waals surface area contributed by atoms with Crippen LogP contribution in [-0.2, 0) is 18.3 Å². The summed E-state index contributed by atoms with van der Waals surface area (Å²) in [5, 5.41) is 7.56. The van der Waals surface area contributed by atoms with Crippen LogP contribution in [0.2, 0.25) is 0 Å². The van der Waals surface area contributed by atoms with Crippen molar-refractivity contribution in [3.8, 4) is 0 Å². The van der Waals surface area contributed by atoms with E-state index in [9.17, 15) is 13.6 Å². The van der Waals surface area contributed by atoms with Gasteiger partial charge in [0.05, 0.1) is 12.1 Å². The molecule has 17 heavy (non-hydrogen) atoms. The van der Waals surface area contributed by atoms with Crippen molar-refractivity contribution in [3.05, 3.63) is 11.9 Å². The fourth-order valence-electron chi connectivity index (χ4n) is 2.16. The van der Waals surface area contributed by atoms with Crippen molar-refractivity contribution in [2.24, 2.45) is 13.0 Å². The van der Waals surface area contributed by atoms with Gasteiger partial charge in [0.1, 0.15) is 5.78 Å². The smallest absolute Gasteiger partial charge is 0.248 e. The van der Waals surface area contributed by atoms with Crippen LogP contribution < -0.4 is 0 Å². The molecule has 0 bridgehead atoms. The summed E-state index contributed by atoms with van der Waals surface area (Å²) in [5.41, 5.74) is 0.606. The molecule has 2 rings (SSSR count). The zero-order valence-corrected chi connectivity index (χ0v) is 9.70. The monoisotopic (exact) mass is 243 g/mol. The van der Waals surface area contributed by atoms with Gasteiger partial charge in [0, 0.05) is 32.0 Å². The van der Waals surface area contributed by atoms with Gasteiger partial charge in [-0.1, -0.05) is 5.21 Å². The molecular formula is C11H15F2N3O. The lowest BCUT2D eigenvalue weighted by Crippen LogP contribution is -2.29. The van der Waals surface area contributed by atoms with Crippen LogP contribution in [0.3, 0.4) is 0 Å². The normalized spacial score (nSPS) is 20.4. The number of rotatable bonds is 3. The Hall–Kier alpha value is -1.33. The minimum absolute atomic E-state index is 0.000926. The minimum Gasteiger partial charge on any atom is -0.299 e. The highest BCUT2D eigenvalue weighted by Gasteiger charge is 2.37. The third-order valence-electron chi connectivity index (χ3n) is 3.18. The molecular weight excluding hydrogens is 228 g/mol. The maximum absolute atomic E-state index is 12.9. The number of carbonyl (C=O) groups is 1. The number of halogens is 2. The van der Waals surface area contributed by atoms with Crippen molar-refractivity contribution in [3.63, 3.8) is 0 Å². The first-order valence-electron chi connectivity index (χ1n) is 5.72. The van der Waals surface area contributed by atoms with E-state index in [2.05, 4.69) is 10.3 Å². The van der Waals surface area contributed by atoms with E-state index in [0.717, 1.165) is 0 Å². The highest BCUT2D eigenvalue weighted by molar-refractivity contribution is 5.82. The Labute approximate surface area is 98.0 Å². The highest BCUT2D eigenvalue weighted by atomic mass is 19.3. The van der Waals surface area contributed by atoms with Crippen LogP contribution in [0.25, 0.3) is 0 Å². The van der Waals surface area contributed by atoms with Crippen LogP contribution in [0, 0.1) is 5.92 Å². The molecule has 1 aromatic heterocycles. The predicted molar refractivity (Wildman–Crippen MR) is 56.6 cm³/mol. The van der Waals surface area contributed by atoms with Gasteiger partial charge in [-0.3, -0.25) is 9.48 Å². The number of hydrogen-bond donors (Lipinski definition) is 0. The van der Waals surface area contributed by atoms with Gasteiger partial charge in [-0.25, -0.2) is 8.78 Å². The molecule has 0 radical (unpaired) electrons. The van der Waals surface area contributed by atoms with E-state index in [1.165, 1.54) is 4.68 Å². The summed E-state index contributed by atoms with van der Waals surface area (Å²) in [6.07, 6.45) is 2.09. The number of carbonyl (C=O) groups excluding carboxylic acids is 1. The zero-order valence-electron chi connectivity index (χ0n) is 9.70. The van der Waals surface area contributed by atoms with Crippen LogP contribution >= 0.6 is 0 Å². The van der Waals surface area contributed by atoms with Gasteiger partial charge in [-0.05, 0) is 12.8 Å². The molecule has 1 heterocycles. The molecule has 94 valence electrons. The van der Waals surface area contributed by atoms with E-state index >= 15 is 0 Å². The lowest BCUT2D eigenvalue weighted by atomic mass is 9.83. The summed E-state index contributed by atoms with van der Waals surface area (Å²) in [4.78, 5) is 11.9. The first-order chi connectivity index (χ1) is 7.96. The third-order valence-corrected chi connectivity index (χ3v) is 3.18. The Kier molecular flexibility index (Phi) is 3.22. The molecule has 0 unspecified atom stereocenters. The zero-order chi connectivity index (χ0) is 12.5. The molecule has 1 aliphatic carbocycles. The number of Topliss-reactive ketones (excluding diaryl/α,β-unsaturated/α-hetero) is 1. The van der Waals surface area contributed by atoms with Crippen molar-refractivity contribution in [2.45, 2.75) is 38.0 Å². The summed E-state index contributed by atoms with van der Waals surface area (Å²) in [6.45, 7) is 0. The first-order valence-corrected chi connectivity index (χ1v) is 5.72. The lowest BCUT2D eigenvalue weighted by Gasteiger charge is -2.27. The quantitative estimate of drug-likeness (QED) is 0.812. The molecule has 0 saturated heterocycles. The van der Waals surface area contributed by atoms with E-state index in [1.807, 2.05) is 0 Å². The van der Waals surface area contributed by atoms with E-state index in [4.69, 9.17) is 0 Å². The standard InChI is InChI=1S/C11H15F2N3O/c1-16-7-9(14-15-16)6-10(17)8-2-4-11(12,13)5-3-8/h7-8H,2-6H2,1H3. The summed E-state index contributed by atoms with van der Waals surface area (Å²) >= 11 is 0. The second-order valence-electron chi connectivity index (χ2n) is 4.66. The fourth-order valence-corrected chi connectivity index (χ4v) is 2.16. The van der Waals surface area contributed by atoms with Gasteiger partial charge in [-0.2, -0.15) is 0 Å². The van der Waals surface area contributed by atoms with Gasteiger partial charge in [-0.15, -0.1) is 5.10 Å². The number of ketones is 1. The van der Waals surface area contributed by atoms with E-state index in [0.29, 0.717) is 5.69 Å². The van der Waals surface area contributed by atoms with Crippen LogP contribution in [0.15, 0.2) is 6.20 Å². The van der Waals surface area contributed by atoms with Crippen molar-refractivity contribution in [2.75, 3.05) is 0 Å². The molecule has 4 nitrogen and oxygen atoms in total. The minimum atomic E-state index is -2.58. The predicted octanol–water partition coefficient (Wildman–Crippen LogP) is 1.75. The molecule has 0 aromatic carbocycles. The number of nitrogens with zero attached hydrogens (tertiary/aromatic N) is 3. The van der Waals surface area contributed by atoms with Crippen LogP contribution in [-0.4, -0.2) is 26.7 Å². The summed E-state index contributed by atoms with van der Waals surface area (Å²) in [7, 11) is 1.72. The third kappa shape index (κ3) is 3.08. The van der Waals surface area contributed by atoms with Crippen molar-refractivity contribution < 1.29 is 13.6 Å². The van der Waals surface area contributed by atoms with Gasteiger partial charge < -0.3 is 0 Å². The van der Waals surface area contributed by atoms with Crippen molar-refractivity contribution in [1.82, 2.24) is 15.0 Å². The van der Waals surface area contributed by atoms with Gasteiger partial charge in [0.2, 0.25) is 5.92 Å². The summed E-state index contributed by atoms with van der Waals surface area (Å²) < 4.78 is 27.4. The Morgan fingerprint density at radius 2 is 2.18 bits per heavy atom. The van der Waals surface area contributed by atoms with Crippen molar-refractivity contribution in [1.29, 1.82) is 0 Å². The van der Waals surface area contributed by atoms with Gasteiger partial charge >= 0.3 is 0 Å². The highest BCUT2D eigenvalue weighted by Crippen LogP contribution is 2.36. The van der Waals surface area contributed by atoms with Gasteiger partial charge in [0.25, 0.3) is 0 Å². The number of alkyl halides is 2. The van der Waals surface area contributed by atoms with E-state index in [1.54, 1.807) is 13.2 Å². The molecule has 0 atom stereocenters. The number of hydrogen-bond acceptors (Lipinski definition) is 3. The molecule has 1 fully saturated rings. The molecule has 0 amide bonds. The van der Waals surface area contributed by atoms with Crippen LogP contribution in [0.5, 0.6) is 0 Å². The molecule has 6 heteroatoms. The number of aryl methyl sites for hydroxylation is 1. The fraction of sp³-hybridized carbons (Fsp3) is 0.727. The van der Waals surface area contributed by atoms with Crippen LogP contribution in [0.4, 0.5) is 8.78 Å². The summed E-state index contributed by atoms with van der Waals surface area (Å²) in [5.74, 6) is -2.82. The first kappa shape index (κ1) is 12.1. The van der Waals surface area contributed by atoms with E-state index in [-0.39, 0.29) is 43.8 Å². The largest absolute Gasteiger partial charge is 0.299 e. The summed E-state index contributed by atoms with van der Waals surface area (Å²) in [6, 6.07) is 0. The average Bonchev–Trinajstić information content (AvgIpc) is 2.63. The Balaban J connectivity index is 1.89. The lowest BCUT2D eigenvalue weighted by molar-refractivity contribution is -0.126. The topological polar surface area (TPSA) is 47.8 Å². The maximum atomic E-state index is 12.9. The molecule has 1 saturated carbocycles. The van der Waals surface area contributed by atoms with Crippen LogP contribution in [0.1, 0.15) is 31.4 Å². The number of aromatic nitrogens is 3. The average molecular weight is 243 g/mol. The Bertz CT molecular complexity index is 407. The molecule has 1 aromatic rings. The second kappa shape index (κ2) is 4.50. The SMILES string of the molecule is Cn1cc(CC(=O)C2CCC(F)(F)CC2)nn1.